The van der Waals surface area contributed by atoms with Gasteiger partial charge in [0.2, 0.25) is 11.8 Å². The predicted octanol–water partition coefficient (Wildman–Crippen LogP) is 2.20. The molecule has 1 aromatic carbocycles. The lowest BCUT2D eigenvalue weighted by Crippen LogP contribution is -2.60. The zero-order valence-electron chi connectivity index (χ0n) is 15.3. The maximum Gasteiger partial charge on any atom is 0.244 e. The molecule has 2 atom stereocenters. The number of benzene rings is 1. The van der Waals surface area contributed by atoms with Crippen LogP contribution in [0.5, 0.6) is 0 Å². The van der Waals surface area contributed by atoms with Gasteiger partial charge in [-0.1, -0.05) is 18.2 Å². The third-order valence-electron chi connectivity index (χ3n) is 5.97. The minimum absolute atomic E-state index is 0.00705. The van der Waals surface area contributed by atoms with E-state index in [1.165, 1.54) is 6.07 Å². The van der Waals surface area contributed by atoms with Crippen LogP contribution in [0.4, 0.5) is 4.39 Å². The molecule has 0 aliphatic carbocycles. The second kappa shape index (κ2) is 6.79. The van der Waals surface area contributed by atoms with Crippen LogP contribution in [0.15, 0.2) is 42.7 Å². The predicted molar refractivity (Wildman–Crippen MR) is 96.9 cm³/mol. The van der Waals surface area contributed by atoms with Crippen LogP contribution < -0.4 is 0 Å². The highest BCUT2D eigenvalue weighted by atomic mass is 19.1. The molecule has 2 aromatic rings. The zero-order chi connectivity index (χ0) is 19.0. The fourth-order valence-electron chi connectivity index (χ4n) is 4.45. The van der Waals surface area contributed by atoms with Gasteiger partial charge in [0.1, 0.15) is 12.4 Å². The maximum atomic E-state index is 14.1. The van der Waals surface area contributed by atoms with Crippen molar-refractivity contribution in [2.45, 2.75) is 50.9 Å². The Labute approximate surface area is 157 Å². The van der Waals surface area contributed by atoms with E-state index in [0.717, 1.165) is 0 Å². The van der Waals surface area contributed by atoms with E-state index in [-0.39, 0.29) is 36.8 Å². The molecule has 2 fully saturated rings. The normalized spacial score (nSPS) is 25.0. The van der Waals surface area contributed by atoms with Gasteiger partial charge in [0.15, 0.2) is 0 Å². The number of halogens is 1. The molecule has 2 saturated heterocycles. The molecule has 2 amide bonds. The summed E-state index contributed by atoms with van der Waals surface area (Å²) in [5.74, 6) is -0.272. The quantitative estimate of drug-likeness (QED) is 0.829. The fourth-order valence-corrected chi connectivity index (χ4v) is 4.45. The summed E-state index contributed by atoms with van der Waals surface area (Å²) in [6, 6.07) is 8.29. The van der Waals surface area contributed by atoms with Gasteiger partial charge in [0, 0.05) is 37.5 Å². The molecule has 0 N–H and O–H groups in total. The molecule has 0 saturated carbocycles. The molecule has 1 aromatic heterocycles. The molecular weight excluding hydrogens is 347 g/mol. The van der Waals surface area contributed by atoms with E-state index in [1.807, 2.05) is 11.8 Å². The fraction of sp³-hybridized carbons (Fsp3) is 0.450. The van der Waals surface area contributed by atoms with Crippen LogP contribution in [-0.2, 0) is 22.7 Å². The minimum atomic E-state index is -0.475. The molecule has 6 nitrogen and oxygen atoms in total. The van der Waals surface area contributed by atoms with Gasteiger partial charge in [-0.3, -0.25) is 14.3 Å². The van der Waals surface area contributed by atoms with Crippen molar-refractivity contribution in [1.82, 2.24) is 19.6 Å². The number of carbonyl (C=O) groups is 2. The van der Waals surface area contributed by atoms with E-state index in [1.54, 1.807) is 46.2 Å². The van der Waals surface area contributed by atoms with Crippen molar-refractivity contribution in [3.8, 4) is 0 Å². The number of fused-ring (bicyclic) bond motifs is 1. The molecule has 0 radical (unpaired) electrons. The van der Waals surface area contributed by atoms with Gasteiger partial charge in [-0.15, -0.1) is 0 Å². The second-order valence-corrected chi connectivity index (χ2v) is 7.52. The van der Waals surface area contributed by atoms with E-state index >= 15 is 0 Å². The molecule has 3 heterocycles. The van der Waals surface area contributed by atoms with Crippen molar-refractivity contribution in [2.75, 3.05) is 6.54 Å². The average molecular weight is 370 g/mol. The van der Waals surface area contributed by atoms with Crippen LogP contribution >= 0.6 is 0 Å². The zero-order valence-corrected chi connectivity index (χ0v) is 15.3. The molecule has 0 spiro atoms. The van der Waals surface area contributed by atoms with Crippen LogP contribution in [0.3, 0.4) is 0 Å². The average Bonchev–Trinajstić information content (AvgIpc) is 3.27. The van der Waals surface area contributed by atoms with Crippen molar-refractivity contribution in [3.05, 3.63) is 54.1 Å². The van der Waals surface area contributed by atoms with Crippen molar-refractivity contribution in [3.63, 3.8) is 0 Å². The summed E-state index contributed by atoms with van der Waals surface area (Å²) in [4.78, 5) is 29.1. The highest BCUT2D eigenvalue weighted by Crippen LogP contribution is 2.41. The number of amides is 2. The van der Waals surface area contributed by atoms with Crippen molar-refractivity contribution in [2.24, 2.45) is 0 Å². The van der Waals surface area contributed by atoms with Crippen LogP contribution in [0.1, 0.15) is 31.7 Å². The molecule has 27 heavy (non-hydrogen) atoms. The van der Waals surface area contributed by atoms with Crippen molar-refractivity contribution in [1.29, 1.82) is 0 Å². The lowest BCUT2D eigenvalue weighted by atomic mass is 9.83. The Kier molecular flexibility index (Phi) is 4.45. The largest absolute Gasteiger partial charge is 0.336 e. The Morgan fingerprint density at radius 2 is 2.15 bits per heavy atom. The molecule has 2 aliphatic heterocycles. The first-order chi connectivity index (χ1) is 13.0. The highest BCUT2D eigenvalue weighted by molar-refractivity contribution is 5.81. The number of rotatable bonds is 4. The number of aromatic nitrogens is 2. The lowest BCUT2D eigenvalue weighted by Gasteiger charge is -2.47. The highest BCUT2D eigenvalue weighted by Gasteiger charge is 2.53. The minimum Gasteiger partial charge on any atom is -0.336 e. The monoisotopic (exact) mass is 370 g/mol. The van der Waals surface area contributed by atoms with Gasteiger partial charge in [-0.05, 0) is 31.9 Å². The third-order valence-corrected chi connectivity index (χ3v) is 5.97. The van der Waals surface area contributed by atoms with Crippen molar-refractivity contribution >= 4 is 11.8 Å². The molecule has 142 valence electrons. The summed E-state index contributed by atoms with van der Waals surface area (Å²) in [6.07, 6.45) is 5.13. The molecular formula is C20H23FN4O2. The van der Waals surface area contributed by atoms with Crippen LogP contribution in [-0.4, -0.2) is 49.5 Å². The number of hydrogen-bond donors (Lipinski definition) is 0. The molecule has 7 heteroatoms. The number of likely N-dealkylation sites (tertiary alicyclic amines) is 2. The van der Waals surface area contributed by atoms with E-state index in [4.69, 9.17) is 0 Å². The summed E-state index contributed by atoms with van der Waals surface area (Å²) >= 11 is 0. The molecule has 0 bridgehead atoms. The smallest absolute Gasteiger partial charge is 0.244 e. The summed E-state index contributed by atoms with van der Waals surface area (Å²) in [5.41, 5.74) is 0.0336. The van der Waals surface area contributed by atoms with Gasteiger partial charge in [0.05, 0.1) is 11.6 Å². The SMILES string of the molecule is C[C@]12CCN(C(=O)Cn3cccn3)[C@H]1CCC(=O)N2Cc1ccccc1F. The van der Waals surface area contributed by atoms with Crippen molar-refractivity contribution < 1.29 is 14.0 Å². The summed E-state index contributed by atoms with van der Waals surface area (Å²) < 4.78 is 15.8. The Balaban J connectivity index is 1.56. The van der Waals surface area contributed by atoms with Crippen LogP contribution in [0.2, 0.25) is 0 Å². The first-order valence-corrected chi connectivity index (χ1v) is 9.30. The van der Waals surface area contributed by atoms with Gasteiger partial charge in [0.25, 0.3) is 0 Å². The Bertz CT molecular complexity index is 853. The third kappa shape index (κ3) is 3.11. The summed E-state index contributed by atoms with van der Waals surface area (Å²) in [5, 5.41) is 4.10. The van der Waals surface area contributed by atoms with Crippen LogP contribution in [0.25, 0.3) is 0 Å². The summed E-state index contributed by atoms with van der Waals surface area (Å²) in [6.45, 7) is 3.06. The standard InChI is InChI=1S/C20H23FN4O2/c1-20-9-12-24(19(27)14-23-11-4-10-22-23)17(20)7-8-18(26)25(20)13-15-5-2-3-6-16(15)21/h2-6,10-11,17H,7-9,12-14H2,1H3/t17-,20-/m0/s1. The molecule has 4 rings (SSSR count). The first-order valence-electron chi connectivity index (χ1n) is 9.30. The van der Waals surface area contributed by atoms with Gasteiger partial charge in [-0.2, -0.15) is 5.10 Å². The number of piperidine rings is 1. The van der Waals surface area contributed by atoms with Gasteiger partial charge < -0.3 is 9.80 Å². The molecule has 0 unspecified atom stereocenters. The topological polar surface area (TPSA) is 58.4 Å². The number of carbonyl (C=O) groups excluding carboxylic acids is 2. The maximum absolute atomic E-state index is 14.1. The van der Waals surface area contributed by atoms with E-state index in [9.17, 15) is 14.0 Å². The second-order valence-electron chi connectivity index (χ2n) is 7.52. The number of hydrogen-bond acceptors (Lipinski definition) is 3. The Morgan fingerprint density at radius 1 is 1.33 bits per heavy atom. The van der Waals surface area contributed by atoms with E-state index in [2.05, 4.69) is 5.10 Å². The summed E-state index contributed by atoms with van der Waals surface area (Å²) in [7, 11) is 0. The molecule has 2 aliphatic rings. The van der Waals surface area contributed by atoms with Crippen LogP contribution in [0, 0.1) is 5.82 Å². The number of nitrogens with zero attached hydrogens (tertiary/aromatic N) is 4. The Morgan fingerprint density at radius 3 is 2.89 bits per heavy atom. The van der Waals surface area contributed by atoms with E-state index in [0.29, 0.717) is 31.4 Å². The first kappa shape index (κ1) is 17.7. The van der Waals surface area contributed by atoms with Gasteiger partial charge >= 0.3 is 0 Å². The van der Waals surface area contributed by atoms with E-state index < -0.39 is 5.54 Å². The van der Waals surface area contributed by atoms with Gasteiger partial charge in [-0.25, -0.2) is 4.39 Å². The lowest BCUT2D eigenvalue weighted by molar-refractivity contribution is -0.148. The Hall–Kier alpha value is -2.70.